The molecule has 0 radical (unpaired) electrons. The molecule has 0 aromatic carbocycles. The zero-order valence-corrected chi connectivity index (χ0v) is 14.5. The summed E-state index contributed by atoms with van der Waals surface area (Å²) in [5.74, 6) is 0.680. The summed E-state index contributed by atoms with van der Waals surface area (Å²) in [5, 5.41) is 0.899. The molecule has 1 saturated heterocycles. The molecule has 2 aromatic rings. The van der Waals surface area contributed by atoms with Gasteiger partial charge in [0.25, 0.3) is 11.5 Å². The van der Waals surface area contributed by atoms with Crippen molar-refractivity contribution in [2.75, 3.05) is 36.8 Å². The number of anilines is 2. The van der Waals surface area contributed by atoms with Gasteiger partial charge in [-0.05, 0) is 20.3 Å². The first kappa shape index (κ1) is 16.4. The van der Waals surface area contributed by atoms with E-state index in [1.54, 1.807) is 0 Å². The Morgan fingerprint density at radius 2 is 2.04 bits per heavy atom. The van der Waals surface area contributed by atoms with Gasteiger partial charge in [0.1, 0.15) is 10.7 Å². The van der Waals surface area contributed by atoms with Gasteiger partial charge in [-0.25, -0.2) is 4.98 Å². The van der Waals surface area contributed by atoms with Crippen LogP contribution in [0.4, 0.5) is 11.8 Å². The lowest BCUT2D eigenvalue weighted by molar-refractivity contribution is 0.0771. The third kappa shape index (κ3) is 3.40. The molecule has 3 heterocycles. The molecule has 24 heavy (non-hydrogen) atoms. The van der Waals surface area contributed by atoms with Gasteiger partial charge < -0.3 is 15.5 Å². The molecule has 0 aliphatic carbocycles. The van der Waals surface area contributed by atoms with E-state index in [0.717, 1.165) is 23.7 Å². The Morgan fingerprint density at radius 1 is 1.25 bits per heavy atom. The number of nitrogens with one attached hydrogen (secondary N) is 1. The van der Waals surface area contributed by atoms with E-state index in [2.05, 4.69) is 15.0 Å². The van der Waals surface area contributed by atoms with Crippen molar-refractivity contribution in [3.05, 3.63) is 32.0 Å². The monoisotopic (exact) mass is 348 g/mol. The van der Waals surface area contributed by atoms with Gasteiger partial charge >= 0.3 is 0 Å². The fourth-order valence-corrected chi connectivity index (χ4v) is 3.74. The molecule has 9 heteroatoms. The van der Waals surface area contributed by atoms with Gasteiger partial charge in [0.05, 0.1) is 10.7 Å². The van der Waals surface area contributed by atoms with E-state index in [9.17, 15) is 9.59 Å². The Bertz CT molecular complexity index is 815. The number of nitrogen functional groups attached to an aromatic ring is 1. The number of carbonyl (C=O) groups excluding carboxylic acids is 1. The molecule has 128 valence electrons. The molecule has 8 nitrogen and oxygen atoms in total. The lowest BCUT2D eigenvalue weighted by Gasteiger charge is -2.22. The van der Waals surface area contributed by atoms with Crippen molar-refractivity contribution in [2.45, 2.75) is 20.3 Å². The van der Waals surface area contributed by atoms with Crippen molar-refractivity contribution in [2.24, 2.45) is 0 Å². The minimum Gasteiger partial charge on any atom is -0.369 e. The quantitative estimate of drug-likeness (QED) is 0.830. The molecule has 0 bridgehead atoms. The van der Waals surface area contributed by atoms with Crippen molar-refractivity contribution in [3.8, 4) is 0 Å². The molecule has 3 N–H and O–H groups in total. The molecule has 1 fully saturated rings. The van der Waals surface area contributed by atoms with Crippen molar-refractivity contribution in [1.29, 1.82) is 0 Å². The van der Waals surface area contributed by atoms with Gasteiger partial charge in [-0.3, -0.25) is 14.6 Å². The highest BCUT2D eigenvalue weighted by molar-refractivity contribution is 7.13. The summed E-state index contributed by atoms with van der Waals surface area (Å²) < 4.78 is 0. The Hall–Kier alpha value is -2.42. The second-order valence-electron chi connectivity index (χ2n) is 5.77. The first-order valence-electron chi connectivity index (χ1n) is 7.79. The Labute approximate surface area is 143 Å². The second-order valence-corrected chi connectivity index (χ2v) is 6.97. The van der Waals surface area contributed by atoms with Gasteiger partial charge in [-0.2, -0.15) is 4.98 Å². The second kappa shape index (κ2) is 6.60. The highest BCUT2D eigenvalue weighted by Crippen LogP contribution is 2.21. The molecule has 0 atom stereocenters. The average Bonchev–Trinajstić information content (AvgIpc) is 2.73. The van der Waals surface area contributed by atoms with E-state index in [-0.39, 0.29) is 17.4 Å². The molecule has 1 aliphatic heterocycles. The number of aryl methyl sites for hydroxylation is 2. The average molecular weight is 348 g/mol. The van der Waals surface area contributed by atoms with Gasteiger partial charge in [0.15, 0.2) is 0 Å². The highest BCUT2D eigenvalue weighted by Gasteiger charge is 2.24. The fourth-order valence-electron chi connectivity index (χ4n) is 2.85. The Balaban J connectivity index is 1.74. The summed E-state index contributed by atoms with van der Waals surface area (Å²) in [6.45, 7) is 6.35. The van der Waals surface area contributed by atoms with Crippen LogP contribution in [0.15, 0.2) is 10.9 Å². The number of H-pyrrole nitrogens is 1. The highest BCUT2D eigenvalue weighted by atomic mass is 32.1. The topological polar surface area (TPSA) is 108 Å². The number of nitrogens with two attached hydrogens (primary N) is 1. The van der Waals surface area contributed by atoms with Crippen LogP contribution in [0.5, 0.6) is 0 Å². The number of aromatic nitrogens is 3. The third-order valence-corrected chi connectivity index (χ3v) is 5.01. The summed E-state index contributed by atoms with van der Waals surface area (Å²) in [7, 11) is 0. The normalized spacial score (nSPS) is 15.4. The molecule has 1 amide bonds. The van der Waals surface area contributed by atoms with E-state index < -0.39 is 0 Å². The molecule has 0 spiro atoms. The van der Waals surface area contributed by atoms with E-state index >= 15 is 0 Å². The van der Waals surface area contributed by atoms with Crippen molar-refractivity contribution < 1.29 is 4.79 Å². The van der Waals surface area contributed by atoms with Gasteiger partial charge in [-0.1, -0.05) is 0 Å². The van der Waals surface area contributed by atoms with E-state index in [1.165, 1.54) is 17.4 Å². The predicted molar refractivity (Wildman–Crippen MR) is 93.6 cm³/mol. The van der Waals surface area contributed by atoms with Crippen molar-refractivity contribution in [3.63, 3.8) is 0 Å². The van der Waals surface area contributed by atoms with Crippen LogP contribution in [-0.4, -0.2) is 51.9 Å². The number of carbonyl (C=O) groups is 1. The van der Waals surface area contributed by atoms with Gasteiger partial charge in [0, 0.05) is 32.2 Å². The number of nitrogens with zero attached hydrogens (tertiary/aromatic N) is 4. The SMILES string of the molecule is Cc1nc(C)c(C(=O)N2CCCN(c3cc(=O)[nH]c(N)n3)CC2)s1. The number of rotatable bonds is 2. The molecular weight excluding hydrogens is 328 g/mol. The summed E-state index contributed by atoms with van der Waals surface area (Å²) in [6, 6.07) is 1.44. The lowest BCUT2D eigenvalue weighted by Crippen LogP contribution is -2.35. The Morgan fingerprint density at radius 3 is 2.71 bits per heavy atom. The summed E-state index contributed by atoms with van der Waals surface area (Å²) in [5.41, 5.74) is 6.12. The van der Waals surface area contributed by atoms with Gasteiger partial charge in [-0.15, -0.1) is 11.3 Å². The number of hydrogen-bond acceptors (Lipinski definition) is 7. The molecule has 0 saturated carbocycles. The third-order valence-electron chi connectivity index (χ3n) is 3.95. The number of hydrogen-bond donors (Lipinski definition) is 2. The fraction of sp³-hybridized carbons (Fsp3) is 0.467. The zero-order valence-electron chi connectivity index (χ0n) is 13.7. The van der Waals surface area contributed by atoms with Crippen LogP contribution >= 0.6 is 11.3 Å². The van der Waals surface area contributed by atoms with Crippen molar-refractivity contribution in [1.82, 2.24) is 19.9 Å². The zero-order chi connectivity index (χ0) is 17.3. The van der Waals surface area contributed by atoms with E-state index in [0.29, 0.717) is 30.3 Å². The summed E-state index contributed by atoms with van der Waals surface area (Å²) in [4.78, 5) is 39.8. The van der Waals surface area contributed by atoms with E-state index in [1.807, 2.05) is 23.6 Å². The molecule has 0 unspecified atom stereocenters. The summed E-state index contributed by atoms with van der Waals surface area (Å²) in [6.07, 6.45) is 0.803. The van der Waals surface area contributed by atoms with Crippen LogP contribution in [0, 0.1) is 13.8 Å². The molecule has 2 aromatic heterocycles. The lowest BCUT2D eigenvalue weighted by atomic mass is 10.3. The van der Waals surface area contributed by atoms with E-state index in [4.69, 9.17) is 5.73 Å². The van der Waals surface area contributed by atoms with Crippen molar-refractivity contribution >= 4 is 29.0 Å². The first-order chi connectivity index (χ1) is 11.4. The van der Waals surface area contributed by atoms with Crippen LogP contribution in [0.1, 0.15) is 26.8 Å². The van der Waals surface area contributed by atoms with Crippen LogP contribution in [0.2, 0.25) is 0 Å². The molecule has 1 aliphatic rings. The minimum absolute atomic E-state index is 0.0262. The number of amides is 1. The van der Waals surface area contributed by atoms with Crippen LogP contribution < -0.4 is 16.2 Å². The van der Waals surface area contributed by atoms with Crippen LogP contribution in [-0.2, 0) is 0 Å². The maximum Gasteiger partial charge on any atom is 0.265 e. The smallest absolute Gasteiger partial charge is 0.265 e. The maximum atomic E-state index is 12.7. The largest absolute Gasteiger partial charge is 0.369 e. The molecule has 3 rings (SSSR count). The maximum absolute atomic E-state index is 12.7. The minimum atomic E-state index is -0.273. The first-order valence-corrected chi connectivity index (χ1v) is 8.61. The summed E-state index contributed by atoms with van der Waals surface area (Å²) >= 11 is 1.43. The predicted octanol–water partition coefficient (Wildman–Crippen LogP) is 0.778. The molecular formula is C15H20N6O2S. The van der Waals surface area contributed by atoms with Crippen LogP contribution in [0.25, 0.3) is 0 Å². The Kier molecular flexibility index (Phi) is 4.52. The standard InChI is InChI=1S/C15H20N6O2S/c1-9-13(24-10(2)17-9)14(23)21-5-3-4-20(6-7-21)11-8-12(22)19-15(16)18-11/h8H,3-7H2,1-2H3,(H3,16,18,19,22). The van der Waals surface area contributed by atoms with Gasteiger partial charge in [0.2, 0.25) is 5.95 Å². The van der Waals surface area contributed by atoms with Crippen LogP contribution in [0.3, 0.4) is 0 Å². The number of aromatic amines is 1. The number of thiazole rings is 1.